The van der Waals surface area contributed by atoms with Gasteiger partial charge in [-0.15, -0.1) is 11.3 Å². The van der Waals surface area contributed by atoms with E-state index in [0.29, 0.717) is 12.6 Å². The van der Waals surface area contributed by atoms with Gasteiger partial charge in [0.2, 0.25) is 0 Å². The molecule has 0 aromatic carbocycles. The second-order valence-corrected chi connectivity index (χ2v) is 9.68. The highest BCUT2D eigenvalue weighted by Gasteiger charge is 2.22. The van der Waals surface area contributed by atoms with Gasteiger partial charge < -0.3 is 5.73 Å². The Morgan fingerprint density at radius 1 is 1.10 bits per heavy atom. The molecule has 1 unspecified atom stereocenters. The highest BCUT2D eigenvalue weighted by atomic mass is 79.9. The molecule has 0 amide bonds. The zero-order valence-corrected chi connectivity index (χ0v) is 17.5. The zero-order valence-electron chi connectivity index (χ0n) is 13.5. The lowest BCUT2D eigenvalue weighted by Crippen LogP contribution is -2.35. The van der Waals surface area contributed by atoms with Crippen LogP contribution >= 0.6 is 43.2 Å². The van der Waals surface area contributed by atoms with E-state index in [-0.39, 0.29) is 0 Å². The van der Waals surface area contributed by atoms with E-state index >= 15 is 0 Å². The lowest BCUT2D eigenvalue weighted by atomic mass is 10.1. The van der Waals surface area contributed by atoms with E-state index in [1.165, 1.54) is 17.7 Å². The molecule has 1 aromatic heterocycles. The predicted molar refractivity (Wildman–Crippen MR) is 102 cm³/mol. The standard InChI is InChI=1S/C16H28Br2N2S/c1-11(2)5-7-20(8-6-12(3)4)14(10-19)15-9-13(17)16(18)21-15/h9,11-12,14H,5-8,10,19H2,1-4H3. The Hall–Kier alpha value is 0.580. The van der Waals surface area contributed by atoms with Gasteiger partial charge in [-0.25, -0.2) is 0 Å². The summed E-state index contributed by atoms with van der Waals surface area (Å²) in [7, 11) is 0. The Kier molecular flexibility index (Phi) is 9.03. The van der Waals surface area contributed by atoms with Crippen LogP contribution in [0.15, 0.2) is 14.3 Å². The summed E-state index contributed by atoms with van der Waals surface area (Å²) in [5.41, 5.74) is 6.11. The van der Waals surface area contributed by atoms with Crippen LogP contribution in [0.4, 0.5) is 0 Å². The number of nitrogens with zero attached hydrogens (tertiary/aromatic N) is 1. The summed E-state index contributed by atoms with van der Waals surface area (Å²) < 4.78 is 2.29. The Morgan fingerprint density at radius 3 is 1.95 bits per heavy atom. The number of hydrogen-bond acceptors (Lipinski definition) is 3. The van der Waals surface area contributed by atoms with Crippen LogP contribution in [0.2, 0.25) is 0 Å². The van der Waals surface area contributed by atoms with E-state index in [1.807, 2.05) is 0 Å². The third-order valence-corrected chi connectivity index (χ3v) is 7.00. The van der Waals surface area contributed by atoms with Gasteiger partial charge in [0.15, 0.2) is 0 Å². The van der Waals surface area contributed by atoms with Crippen LogP contribution in [-0.2, 0) is 0 Å². The van der Waals surface area contributed by atoms with E-state index < -0.39 is 0 Å². The average Bonchev–Trinajstić information content (AvgIpc) is 2.72. The number of nitrogens with two attached hydrogens (primary N) is 1. The van der Waals surface area contributed by atoms with Crippen LogP contribution in [-0.4, -0.2) is 24.5 Å². The summed E-state index contributed by atoms with van der Waals surface area (Å²) in [6.45, 7) is 12.1. The fourth-order valence-corrected chi connectivity index (χ4v) is 4.48. The van der Waals surface area contributed by atoms with Gasteiger partial charge in [-0.05, 0) is 75.7 Å². The first kappa shape index (κ1) is 19.6. The molecule has 2 nitrogen and oxygen atoms in total. The van der Waals surface area contributed by atoms with Crippen molar-refractivity contribution in [3.8, 4) is 0 Å². The highest BCUT2D eigenvalue weighted by Crippen LogP contribution is 2.37. The van der Waals surface area contributed by atoms with Crippen molar-refractivity contribution in [2.75, 3.05) is 19.6 Å². The van der Waals surface area contributed by atoms with Crippen molar-refractivity contribution in [1.82, 2.24) is 4.90 Å². The van der Waals surface area contributed by atoms with Gasteiger partial charge in [0.05, 0.1) is 9.83 Å². The van der Waals surface area contributed by atoms with E-state index in [0.717, 1.165) is 33.2 Å². The Bertz CT molecular complexity index is 387. The van der Waals surface area contributed by atoms with Crippen LogP contribution in [0.5, 0.6) is 0 Å². The molecule has 0 aliphatic carbocycles. The summed E-state index contributed by atoms with van der Waals surface area (Å²) in [5.74, 6) is 1.46. The Balaban J connectivity index is 2.84. The van der Waals surface area contributed by atoms with Crippen molar-refractivity contribution >= 4 is 43.2 Å². The maximum atomic E-state index is 6.11. The maximum Gasteiger partial charge on any atom is 0.0843 e. The first-order chi connectivity index (χ1) is 9.85. The first-order valence-corrected chi connectivity index (χ1v) is 10.1. The summed E-state index contributed by atoms with van der Waals surface area (Å²) in [6, 6.07) is 2.54. The third-order valence-electron chi connectivity index (χ3n) is 3.64. The zero-order chi connectivity index (χ0) is 16.0. The smallest absolute Gasteiger partial charge is 0.0843 e. The molecule has 0 saturated carbocycles. The summed E-state index contributed by atoms with van der Waals surface area (Å²) in [5, 5.41) is 0. The van der Waals surface area contributed by atoms with Crippen LogP contribution in [0.1, 0.15) is 51.5 Å². The van der Waals surface area contributed by atoms with Gasteiger partial charge >= 0.3 is 0 Å². The molecule has 0 aliphatic rings. The molecule has 1 atom stereocenters. The van der Waals surface area contributed by atoms with E-state index in [4.69, 9.17) is 5.73 Å². The average molecular weight is 440 g/mol. The second kappa shape index (κ2) is 9.66. The second-order valence-electron chi connectivity index (χ2n) is 6.42. The van der Waals surface area contributed by atoms with Crippen molar-refractivity contribution in [2.45, 2.75) is 46.6 Å². The molecule has 2 N–H and O–H groups in total. The number of hydrogen-bond donors (Lipinski definition) is 1. The predicted octanol–water partition coefficient (Wildman–Crippen LogP) is 5.67. The van der Waals surface area contributed by atoms with Gasteiger partial charge in [-0.2, -0.15) is 0 Å². The van der Waals surface area contributed by atoms with E-state index in [9.17, 15) is 0 Å². The van der Waals surface area contributed by atoms with E-state index in [2.05, 4.69) is 70.5 Å². The largest absolute Gasteiger partial charge is 0.329 e. The van der Waals surface area contributed by atoms with E-state index in [1.54, 1.807) is 11.3 Å². The van der Waals surface area contributed by atoms with Crippen molar-refractivity contribution in [1.29, 1.82) is 0 Å². The third kappa shape index (κ3) is 6.69. The van der Waals surface area contributed by atoms with Crippen LogP contribution < -0.4 is 5.73 Å². The first-order valence-electron chi connectivity index (χ1n) is 7.74. The lowest BCUT2D eigenvalue weighted by molar-refractivity contribution is 0.183. The fraction of sp³-hybridized carbons (Fsp3) is 0.750. The van der Waals surface area contributed by atoms with Crippen molar-refractivity contribution in [3.63, 3.8) is 0 Å². The van der Waals surface area contributed by atoms with Crippen LogP contribution in [0.3, 0.4) is 0 Å². The maximum absolute atomic E-state index is 6.11. The van der Waals surface area contributed by atoms with Crippen molar-refractivity contribution in [3.05, 3.63) is 19.2 Å². The minimum atomic E-state index is 0.329. The number of rotatable bonds is 9. The molecule has 1 heterocycles. The molecule has 1 aromatic rings. The lowest BCUT2D eigenvalue weighted by Gasteiger charge is -2.31. The molecule has 0 spiro atoms. The molecule has 0 bridgehead atoms. The minimum Gasteiger partial charge on any atom is -0.329 e. The molecular weight excluding hydrogens is 412 g/mol. The number of thiophene rings is 1. The van der Waals surface area contributed by atoms with Crippen LogP contribution in [0.25, 0.3) is 0 Å². The van der Waals surface area contributed by atoms with Gasteiger partial charge in [0.25, 0.3) is 0 Å². The number of halogens is 2. The van der Waals surface area contributed by atoms with Crippen molar-refractivity contribution in [2.24, 2.45) is 17.6 Å². The summed E-state index contributed by atoms with van der Waals surface area (Å²) in [4.78, 5) is 3.92. The molecule has 21 heavy (non-hydrogen) atoms. The SMILES string of the molecule is CC(C)CCN(CCC(C)C)C(CN)c1cc(Br)c(Br)s1. The Morgan fingerprint density at radius 2 is 1.62 bits per heavy atom. The fourth-order valence-electron chi connectivity index (χ4n) is 2.24. The highest BCUT2D eigenvalue weighted by molar-refractivity contribution is 9.13. The molecule has 0 aliphatic heterocycles. The molecule has 1 rings (SSSR count). The quantitative estimate of drug-likeness (QED) is 0.537. The topological polar surface area (TPSA) is 29.3 Å². The molecular formula is C16H28Br2N2S. The van der Waals surface area contributed by atoms with Gasteiger partial charge in [0.1, 0.15) is 0 Å². The molecule has 0 radical (unpaired) electrons. The summed E-state index contributed by atoms with van der Waals surface area (Å²) in [6.07, 6.45) is 2.45. The normalized spacial score (nSPS) is 13.6. The van der Waals surface area contributed by atoms with Gasteiger partial charge in [-0.3, -0.25) is 4.90 Å². The monoisotopic (exact) mass is 438 g/mol. The van der Waals surface area contributed by atoms with Gasteiger partial charge in [-0.1, -0.05) is 27.7 Å². The van der Waals surface area contributed by atoms with Gasteiger partial charge in [0, 0.05) is 15.9 Å². The summed E-state index contributed by atoms with van der Waals surface area (Å²) >= 11 is 8.98. The molecule has 0 saturated heterocycles. The minimum absolute atomic E-state index is 0.329. The van der Waals surface area contributed by atoms with Crippen LogP contribution in [0, 0.1) is 11.8 Å². The molecule has 122 valence electrons. The Labute approximate surface area is 150 Å². The molecule has 5 heteroatoms. The van der Waals surface area contributed by atoms with Crippen molar-refractivity contribution < 1.29 is 0 Å². The molecule has 0 fully saturated rings.